The monoisotopic (exact) mass is 239 g/mol. The minimum absolute atomic E-state index is 0.261. The van der Waals surface area contributed by atoms with Crippen LogP contribution in [0.4, 0.5) is 0 Å². The van der Waals surface area contributed by atoms with E-state index in [2.05, 4.69) is 30.4 Å². The first-order valence-corrected chi connectivity index (χ1v) is 6.55. The second kappa shape index (κ2) is 4.81. The van der Waals surface area contributed by atoms with Crippen molar-refractivity contribution >= 4 is 5.91 Å². The lowest BCUT2D eigenvalue weighted by atomic mass is 9.87. The summed E-state index contributed by atoms with van der Waals surface area (Å²) in [5.41, 5.74) is 2.40. The Balaban J connectivity index is 1.86. The van der Waals surface area contributed by atoms with Gasteiger partial charge in [-0.15, -0.1) is 0 Å². The molecule has 0 bridgehead atoms. The predicted octanol–water partition coefficient (Wildman–Crippen LogP) is 3.27. The smallest absolute Gasteiger partial charge is 0.227 e. The van der Waals surface area contributed by atoms with Crippen molar-refractivity contribution in [2.24, 2.45) is 5.92 Å². The first-order valence-electron chi connectivity index (χ1n) is 6.55. The first kappa shape index (κ1) is 11.3. The van der Waals surface area contributed by atoms with Crippen molar-refractivity contribution in [2.75, 3.05) is 0 Å². The van der Waals surface area contributed by atoms with E-state index < -0.39 is 0 Å². The summed E-state index contributed by atoms with van der Waals surface area (Å²) in [7, 11) is 0. The maximum Gasteiger partial charge on any atom is 0.227 e. The zero-order valence-electron chi connectivity index (χ0n) is 10.4. The third-order valence-electron chi connectivity index (χ3n) is 3.74. The Hall–Kier alpha value is -1.83. The van der Waals surface area contributed by atoms with Crippen LogP contribution in [0.3, 0.4) is 0 Å². The molecule has 1 saturated heterocycles. The molecule has 1 amide bonds. The Morgan fingerprint density at radius 1 is 1.22 bits per heavy atom. The molecule has 1 unspecified atom stereocenters. The van der Waals surface area contributed by atoms with E-state index in [-0.39, 0.29) is 5.91 Å². The van der Waals surface area contributed by atoms with Crippen molar-refractivity contribution in [3.05, 3.63) is 59.8 Å². The standard InChI is InChI=1S/C16H17NO/c18-16-11-10-14-8-4-5-9-15(14)17(16)12-13-6-2-1-3-7-13/h1-7,9,14H,8,10-12H2. The van der Waals surface area contributed by atoms with Gasteiger partial charge in [0.1, 0.15) is 0 Å². The molecule has 0 aromatic heterocycles. The summed E-state index contributed by atoms with van der Waals surface area (Å²) >= 11 is 0. The van der Waals surface area contributed by atoms with Crippen LogP contribution in [0.2, 0.25) is 0 Å². The molecule has 2 nitrogen and oxygen atoms in total. The number of carbonyl (C=O) groups is 1. The lowest BCUT2D eigenvalue weighted by Crippen LogP contribution is -2.37. The molecule has 1 fully saturated rings. The van der Waals surface area contributed by atoms with E-state index in [4.69, 9.17) is 0 Å². The third kappa shape index (κ3) is 2.10. The van der Waals surface area contributed by atoms with Gasteiger partial charge in [-0.3, -0.25) is 4.79 Å². The highest BCUT2D eigenvalue weighted by Gasteiger charge is 2.30. The van der Waals surface area contributed by atoms with Gasteiger partial charge >= 0.3 is 0 Å². The topological polar surface area (TPSA) is 20.3 Å². The molecule has 1 aliphatic heterocycles. The molecule has 92 valence electrons. The van der Waals surface area contributed by atoms with E-state index in [9.17, 15) is 4.79 Å². The molecule has 2 heteroatoms. The molecule has 0 radical (unpaired) electrons. The maximum atomic E-state index is 12.1. The number of carbonyl (C=O) groups excluding carboxylic acids is 1. The maximum absolute atomic E-state index is 12.1. The molecule has 1 atom stereocenters. The lowest BCUT2D eigenvalue weighted by molar-refractivity contribution is -0.132. The molecule has 0 N–H and O–H groups in total. The summed E-state index contributed by atoms with van der Waals surface area (Å²) in [4.78, 5) is 14.1. The van der Waals surface area contributed by atoms with Gasteiger partial charge in [-0.2, -0.15) is 0 Å². The number of fused-ring (bicyclic) bond motifs is 1. The van der Waals surface area contributed by atoms with Crippen LogP contribution in [0.1, 0.15) is 24.8 Å². The van der Waals surface area contributed by atoms with Crippen LogP contribution >= 0.6 is 0 Å². The summed E-state index contributed by atoms with van der Waals surface area (Å²) in [5, 5.41) is 0. The molecular formula is C16H17NO. The van der Waals surface area contributed by atoms with Crippen molar-refractivity contribution in [1.82, 2.24) is 4.90 Å². The molecule has 1 aliphatic carbocycles. The average Bonchev–Trinajstić information content (AvgIpc) is 2.43. The Bertz CT molecular complexity index is 501. The summed E-state index contributed by atoms with van der Waals surface area (Å²) < 4.78 is 0. The molecule has 0 saturated carbocycles. The highest BCUT2D eigenvalue weighted by Crippen LogP contribution is 2.34. The van der Waals surface area contributed by atoms with Crippen LogP contribution in [0, 0.1) is 5.92 Å². The molecule has 1 aromatic carbocycles. The van der Waals surface area contributed by atoms with Crippen molar-refractivity contribution < 1.29 is 4.79 Å². The number of hydrogen-bond acceptors (Lipinski definition) is 1. The molecule has 1 aromatic rings. The molecule has 18 heavy (non-hydrogen) atoms. The van der Waals surface area contributed by atoms with Crippen molar-refractivity contribution in [2.45, 2.75) is 25.8 Å². The van der Waals surface area contributed by atoms with E-state index in [1.165, 1.54) is 11.3 Å². The highest BCUT2D eigenvalue weighted by atomic mass is 16.2. The van der Waals surface area contributed by atoms with Gasteiger partial charge in [0.15, 0.2) is 0 Å². The zero-order chi connectivity index (χ0) is 12.4. The largest absolute Gasteiger partial charge is 0.311 e. The Morgan fingerprint density at radius 2 is 2.06 bits per heavy atom. The van der Waals surface area contributed by atoms with Crippen LogP contribution in [0.5, 0.6) is 0 Å². The number of amides is 1. The van der Waals surface area contributed by atoms with Gasteiger partial charge in [-0.25, -0.2) is 0 Å². The highest BCUT2D eigenvalue weighted by molar-refractivity contribution is 5.79. The van der Waals surface area contributed by atoms with Crippen molar-refractivity contribution in [3.8, 4) is 0 Å². The van der Waals surface area contributed by atoms with Crippen LogP contribution in [-0.4, -0.2) is 10.8 Å². The number of rotatable bonds is 2. The average molecular weight is 239 g/mol. The quantitative estimate of drug-likeness (QED) is 0.775. The number of allylic oxidation sites excluding steroid dienone is 4. The minimum atomic E-state index is 0.261. The van der Waals surface area contributed by atoms with Crippen LogP contribution in [0.15, 0.2) is 54.3 Å². The molecular weight excluding hydrogens is 222 g/mol. The summed E-state index contributed by atoms with van der Waals surface area (Å²) in [6.45, 7) is 0.704. The second-order valence-electron chi connectivity index (χ2n) is 4.96. The van der Waals surface area contributed by atoms with Crippen molar-refractivity contribution in [3.63, 3.8) is 0 Å². The normalized spacial score (nSPS) is 22.7. The number of hydrogen-bond donors (Lipinski definition) is 0. The SMILES string of the molecule is O=C1CCC2CC=CC=C2N1Cc1ccccc1. The van der Waals surface area contributed by atoms with E-state index in [0.29, 0.717) is 18.9 Å². The van der Waals surface area contributed by atoms with Crippen LogP contribution in [0.25, 0.3) is 0 Å². The third-order valence-corrected chi connectivity index (χ3v) is 3.74. The van der Waals surface area contributed by atoms with Gasteiger partial charge < -0.3 is 4.90 Å². The van der Waals surface area contributed by atoms with Crippen LogP contribution in [-0.2, 0) is 11.3 Å². The molecule has 0 spiro atoms. The Morgan fingerprint density at radius 3 is 2.89 bits per heavy atom. The fourth-order valence-electron chi connectivity index (χ4n) is 2.76. The number of piperidine rings is 1. The molecule has 3 rings (SSSR count). The van der Waals surface area contributed by atoms with E-state index in [1.54, 1.807) is 0 Å². The van der Waals surface area contributed by atoms with E-state index in [0.717, 1.165) is 12.8 Å². The first-order chi connectivity index (χ1) is 8.84. The van der Waals surface area contributed by atoms with Gasteiger partial charge in [-0.05, 0) is 24.5 Å². The van der Waals surface area contributed by atoms with Crippen LogP contribution < -0.4 is 0 Å². The Labute approximate surface area is 108 Å². The summed E-state index contributed by atoms with van der Waals surface area (Å²) in [6, 6.07) is 10.2. The van der Waals surface area contributed by atoms with Gasteiger partial charge in [0.25, 0.3) is 0 Å². The summed E-state index contributed by atoms with van der Waals surface area (Å²) in [5.74, 6) is 0.799. The molecule has 1 heterocycles. The summed E-state index contributed by atoms with van der Waals surface area (Å²) in [6.07, 6.45) is 9.13. The van der Waals surface area contributed by atoms with Gasteiger partial charge in [0, 0.05) is 18.0 Å². The van der Waals surface area contributed by atoms with E-state index >= 15 is 0 Å². The number of nitrogens with zero attached hydrogens (tertiary/aromatic N) is 1. The lowest BCUT2D eigenvalue weighted by Gasteiger charge is -2.36. The number of likely N-dealkylation sites (tertiary alicyclic amines) is 1. The van der Waals surface area contributed by atoms with Crippen molar-refractivity contribution in [1.29, 1.82) is 0 Å². The zero-order valence-corrected chi connectivity index (χ0v) is 10.4. The van der Waals surface area contributed by atoms with E-state index in [1.807, 2.05) is 23.1 Å². The predicted molar refractivity (Wildman–Crippen MR) is 71.6 cm³/mol. The fraction of sp³-hybridized carbons (Fsp3) is 0.312. The van der Waals surface area contributed by atoms with Gasteiger partial charge in [0.05, 0.1) is 6.54 Å². The molecule has 2 aliphatic rings. The Kier molecular flexibility index (Phi) is 3.01. The number of benzene rings is 1. The van der Waals surface area contributed by atoms with Gasteiger partial charge in [0.2, 0.25) is 5.91 Å². The van der Waals surface area contributed by atoms with Gasteiger partial charge in [-0.1, -0.05) is 42.5 Å². The second-order valence-corrected chi connectivity index (χ2v) is 4.96. The fourth-order valence-corrected chi connectivity index (χ4v) is 2.76. The minimum Gasteiger partial charge on any atom is -0.311 e.